The molecule has 2 nitrogen and oxygen atoms in total. The highest BCUT2D eigenvalue weighted by Crippen LogP contribution is 2.15. The van der Waals surface area contributed by atoms with Crippen LogP contribution in [0.2, 0.25) is 0 Å². The van der Waals surface area contributed by atoms with Crippen LogP contribution in [0.15, 0.2) is 36.7 Å². The lowest BCUT2D eigenvalue weighted by Gasteiger charge is -2.27. The zero-order valence-electron chi connectivity index (χ0n) is 8.45. The third kappa shape index (κ3) is 2.42. The van der Waals surface area contributed by atoms with E-state index in [0.29, 0.717) is 0 Å². The molecule has 1 aliphatic rings. The molecule has 0 atom stereocenters. The summed E-state index contributed by atoms with van der Waals surface area (Å²) in [5.41, 5.74) is 2.71. The van der Waals surface area contributed by atoms with Gasteiger partial charge in [-0.15, -0.1) is 0 Å². The number of hydrogen-bond acceptors (Lipinski definition) is 2. The largest absolute Gasteiger partial charge is 0.295 e. The van der Waals surface area contributed by atoms with Gasteiger partial charge in [0.1, 0.15) is 0 Å². The first-order valence-corrected chi connectivity index (χ1v) is 5.12. The molecule has 2 heteroatoms. The first-order valence-electron chi connectivity index (χ1n) is 5.12. The summed E-state index contributed by atoms with van der Waals surface area (Å²) in [5.74, 6) is 0. The normalized spacial score (nSPS) is 18.4. The third-order valence-electron chi connectivity index (χ3n) is 2.61. The minimum Gasteiger partial charge on any atom is -0.295 e. The smallest absolute Gasteiger partial charge is 0.0271 e. The third-order valence-corrected chi connectivity index (χ3v) is 2.61. The van der Waals surface area contributed by atoms with Gasteiger partial charge in [-0.05, 0) is 37.1 Å². The van der Waals surface area contributed by atoms with Crippen molar-refractivity contribution in [1.29, 1.82) is 0 Å². The molecule has 0 aromatic carbocycles. The average molecular weight is 188 g/mol. The van der Waals surface area contributed by atoms with Crippen LogP contribution in [0.1, 0.15) is 18.4 Å². The highest BCUT2D eigenvalue weighted by molar-refractivity contribution is 5.11. The van der Waals surface area contributed by atoms with Gasteiger partial charge in [0.25, 0.3) is 0 Å². The van der Waals surface area contributed by atoms with Crippen molar-refractivity contribution in [3.8, 4) is 0 Å². The Labute approximate surface area is 85.3 Å². The van der Waals surface area contributed by atoms with Crippen LogP contribution in [0.3, 0.4) is 0 Å². The molecule has 2 heterocycles. The minimum atomic E-state index is 1.03. The minimum absolute atomic E-state index is 1.03. The first kappa shape index (κ1) is 9.41. The van der Waals surface area contributed by atoms with E-state index in [1.807, 2.05) is 12.4 Å². The number of hydrogen-bond donors (Lipinski definition) is 0. The molecule has 0 aliphatic carbocycles. The second-order valence-electron chi connectivity index (χ2n) is 3.92. The summed E-state index contributed by atoms with van der Waals surface area (Å²) in [6, 6.07) is 4.16. The fourth-order valence-electron chi connectivity index (χ4n) is 1.91. The Morgan fingerprint density at radius 1 is 1.36 bits per heavy atom. The molecule has 0 amide bonds. The van der Waals surface area contributed by atoms with Crippen LogP contribution in [0.4, 0.5) is 0 Å². The molecule has 1 aliphatic heterocycles. The number of nitrogens with zero attached hydrogens (tertiary/aromatic N) is 2. The Morgan fingerprint density at radius 2 is 2.14 bits per heavy atom. The summed E-state index contributed by atoms with van der Waals surface area (Å²) in [7, 11) is 0. The molecule has 74 valence electrons. The summed E-state index contributed by atoms with van der Waals surface area (Å²) in [4.78, 5) is 6.46. The molecule has 1 fully saturated rings. The number of aromatic nitrogens is 1. The predicted molar refractivity (Wildman–Crippen MR) is 57.9 cm³/mol. The molecular formula is C12H16N2. The van der Waals surface area contributed by atoms with Crippen molar-refractivity contribution < 1.29 is 0 Å². The van der Waals surface area contributed by atoms with Crippen molar-refractivity contribution in [3.05, 3.63) is 42.2 Å². The number of pyridine rings is 1. The van der Waals surface area contributed by atoms with E-state index in [0.717, 1.165) is 13.1 Å². The fourth-order valence-corrected chi connectivity index (χ4v) is 1.91. The molecule has 1 aromatic heterocycles. The van der Waals surface area contributed by atoms with Crippen LogP contribution in [0.5, 0.6) is 0 Å². The number of likely N-dealkylation sites (tertiary alicyclic amines) is 1. The van der Waals surface area contributed by atoms with Crippen molar-refractivity contribution in [2.24, 2.45) is 0 Å². The zero-order chi connectivity index (χ0) is 9.80. The molecular weight excluding hydrogens is 172 g/mol. The first-order chi connectivity index (χ1) is 6.84. The van der Waals surface area contributed by atoms with E-state index >= 15 is 0 Å². The fraction of sp³-hybridized carbons (Fsp3) is 0.417. The Balaban J connectivity index is 1.94. The predicted octanol–water partition coefficient (Wildman–Crippen LogP) is 2.23. The maximum absolute atomic E-state index is 4.05. The van der Waals surface area contributed by atoms with Gasteiger partial charge >= 0.3 is 0 Å². The molecule has 0 N–H and O–H groups in total. The summed E-state index contributed by atoms with van der Waals surface area (Å²) in [6.07, 6.45) is 6.17. The van der Waals surface area contributed by atoms with E-state index in [1.165, 1.54) is 30.5 Å². The highest BCUT2D eigenvalue weighted by Gasteiger charge is 2.12. The second kappa shape index (κ2) is 4.38. The molecule has 0 bridgehead atoms. The Morgan fingerprint density at radius 3 is 2.86 bits per heavy atom. The van der Waals surface area contributed by atoms with Gasteiger partial charge in [0.05, 0.1) is 0 Å². The Kier molecular flexibility index (Phi) is 2.94. The monoisotopic (exact) mass is 188 g/mol. The van der Waals surface area contributed by atoms with Crippen LogP contribution in [0.25, 0.3) is 0 Å². The SMILES string of the molecule is C=C1CCCN(Cc2ccncc2)C1. The van der Waals surface area contributed by atoms with Gasteiger partial charge in [0.2, 0.25) is 0 Å². The summed E-state index contributed by atoms with van der Waals surface area (Å²) in [5, 5.41) is 0. The van der Waals surface area contributed by atoms with E-state index < -0.39 is 0 Å². The quantitative estimate of drug-likeness (QED) is 0.662. The second-order valence-corrected chi connectivity index (χ2v) is 3.92. The Bertz CT molecular complexity index is 305. The van der Waals surface area contributed by atoms with Crippen LogP contribution in [-0.2, 0) is 6.54 Å². The summed E-state index contributed by atoms with van der Waals surface area (Å²) < 4.78 is 0. The maximum atomic E-state index is 4.05. The molecule has 0 saturated carbocycles. The Hall–Kier alpha value is -1.15. The van der Waals surface area contributed by atoms with Crippen molar-refractivity contribution in [3.63, 3.8) is 0 Å². The summed E-state index contributed by atoms with van der Waals surface area (Å²) >= 11 is 0. The van der Waals surface area contributed by atoms with Gasteiger partial charge in [-0.25, -0.2) is 0 Å². The van der Waals surface area contributed by atoms with Gasteiger partial charge in [0.15, 0.2) is 0 Å². The lowest BCUT2D eigenvalue weighted by molar-refractivity contribution is 0.258. The number of rotatable bonds is 2. The zero-order valence-corrected chi connectivity index (χ0v) is 8.45. The van der Waals surface area contributed by atoms with E-state index in [9.17, 15) is 0 Å². The van der Waals surface area contributed by atoms with Gasteiger partial charge in [-0.1, -0.05) is 12.2 Å². The lowest BCUT2D eigenvalue weighted by atomic mass is 10.1. The molecule has 1 aromatic rings. The molecule has 1 saturated heterocycles. The van der Waals surface area contributed by atoms with E-state index in [2.05, 4.69) is 28.6 Å². The van der Waals surface area contributed by atoms with E-state index in [1.54, 1.807) is 0 Å². The van der Waals surface area contributed by atoms with Gasteiger partial charge in [-0.2, -0.15) is 0 Å². The van der Waals surface area contributed by atoms with E-state index in [-0.39, 0.29) is 0 Å². The standard InChI is InChI=1S/C12H16N2/c1-11-3-2-8-14(9-11)10-12-4-6-13-7-5-12/h4-7H,1-3,8-10H2. The van der Waals surface area contributed by atoms with Crippen LogP contribution >= 0.6 is 0 Å². The van der Waals surface area contributed by atoms with Crippen molar-refractivity contribution in [1.82, 2.24) is 9.88 Å². The molecule has 14 heavy (non-hydrogen) atoms. The van der Waals surface area contributed by atoms with Crippen LogP contribution < -0.4 is 0 Å². The van der Waals surface area contributed by atoms with Crippen molar-refractivity contribution in [2.45, 2.75) is 19.4 Å². The topological polar surface area (TPSA) is 16.1 Å². The molecule has 0 unspecified atom stereocenters. The maximum Gasteiger partial charge on any atom is 0.0271 e. The lowest BCUT2D eigenvalue weighted by Crippen LogP contribution is -2.30. The van der Waals surface area contributed by atoms with Gasteiger partial charge in [0, 0.05) is 25.5 Å². The van der Waals surface area contributed by atoms with E-state index in [4.69, 9.17) is 0 Å². The number of piperidine rings is 1. The average Bonchev–Trinajstić information content (AvgIpc) is 2.19. The van der Waals surface area contributed by atoms with Crippen LogP contribution in [0, 0.1) is 0 Å². The van der Waals surface area contributed by atoms with Gasteiger partial charge in [-0.3, -0.25) is 9.88 Å². The highest BCUT2D eigenvalue weighted by atomic mass is 15.1. The van der Waals surface area contributed by atoms with Crippen molar-refractivity contribution >= 4 is 0 Å². The molecule has 0 radical (unpaired) electrons. The van der Waals surface area contributed by atoms with Crippen molar-refractivity contribution in [2.75, 3.05) is 13.1 Å². The summed E-state index contributed by atoms with van der Waals surface area (Å²) in [6.45, 7) is 7.33. The molecule has 2 rings (SSSR count). The molecule has 0 spiro atoms. The van der Waals surface area contributed by atoms with Gasteiger partial charge < -0.3 is 0 Å². The van der Waals surface area contributed by atoms with Crippen LogP contribution in [-0.4, -0.2) is 23.0 Å².